The summed E-state index contributed by atoms with van der Waals surface area (Å²) in [6, 6.07) is 19.9. The molecule has 0 spiro atoms. The van der Waals surface area contributed by atoms with Gasteiger partial charge in [-0.1, -0.05) is 86.6 Å². The molecule has 2 heterocycles. The fraction of sp³-hybridized carbons (Fsp3) is 0.375. The largest absolute Gasteiger partial charge is 0.340 e. The van der Waals surface area contributed by atoms with E-state index >= 15 is 0 Å². The lowest BCUT2D eigenvalue weighted by Gasteiger charge is -2.40. The molecule has 1 atom stereocenters. The fourth-order valence-corrected chi connectivity index (χ4v) is 3.85. The van der Waals surface area contributed by atoms with Crippen LogP contribution in [-0.2, 0) is 4.79 Å². The predicted molar refractivity (Wildman–Crippen MR) is 116 cm³/mol. The van der Waals surface area contributed by atoms with Gasteiger partial charge >= 0.3 is 0 Å². The normalized spacial score (nSPS) is 16.4. The first-order chi connectivity index (χ1) is 14.4. The van der Waals surface area contributed by atoms with Gasteiger partial charge in [0.25, 0.3) is 0 Å². The zero-order valence-corrected chi connectivity index (χ0v) is 17.8. The smallest absolute Gasteiger partial charge is 0.248 e. The van der Waals surface area contributed by atoms with Crippen molar-refractivity contribution >= 4 is 5.91 Å². The van der Waals surface area contributed by atoms with Crippen LogP contribution in [0.25, 0.3) is 11.4 Å². The van der Waals surface area contributed by atoms with Crippen molar-refractivity contribution in [2.24, 2.45) is 5.41 Å². The molecule has 30 heavy (non-hydrogen) atoms. The molecule has 3 aromatic rings. The Morgan fingerprint density at radius 1 is 0.933 bits per heavy atom. The SMILES string of the molecule is CC(C)(C)C(=O)N1CCN([C@@H](c2ccccc2)c2nc(-c3ccccc3)no2)CC1. The molecule has 1 amide bonds. The second kappa shape index (κ2) is 8.40. The van der Waals surface area contributed by atoms with Crippen LogP contribution in [0.3, 0.4) is 0 Å². The van der Waals surface area contributed by atoms with Gasteiger partial charge in [0, 0.05) is 37.2 Å². The van der Waals surface area contributed by atoms with E-state index in [1.165, 1.54) is 0 Å². The molecule has 1 aliphatic rings. The lowest BCUT2D eigenvalue weighted by Crippen LogP contribution is -2.52. The number of aromatic nitrogens is 2. The first-order valence-corrected chi connectivity index (χ1v) is 10.4. The lowest BCUT2D eigenvalue weighted by molar-refractivity contribution is -0.141. The Balaban J connectivity index is 1.58. The Kier molecular flexibility index (Phi) is 5.68. The van der Waals surface area contributed by atoms with Gasteiger partial charge in [0.05, 0.1) is 0 Å². The molecule has 0 N–H and O–H groups in total. The third-order valence-corrected chi connectivity index (χ3v) is 5.43. The molecule has 1 fully saturated rings. The molecular formula is C24H28N4O2. The maximum Gasteiger partial charge on any atom is 0.248 e. The van der Waals surface area contributed by atoms with Crippen LogP contribution in [0.15, 0.2) is 65.2 Å². The quantitative estimate of drug-likeness (QED) is 0.657. The van der Waals surface area contributed by atoms with E-state index in [-0.39, 0.29) is 17.4 Å². The van der Waals surface area contributed by atoms with Gasteiger partial charge in [-0.2, -0.15) is 4.98 Å². The minimum absolute atomic E-state index is 0.136. The number of carbonyl (C=O) groups excluding carboxylic acids is 1. The van der Waals surface area contributed by atoms with Crippen molar-refractivity contribution in [2.45, 2.75) is 26.8 Å². The second-order valence-electron chi connectivity index (χ2n) is 8.71. The van der Waals surface area contributed by atoms with Crippen LogP contribution in [-0.4, -0.2) is 52.0 Å². The summed E-state index contributed by atoms with van der Waals surface area (Å²) in [4.78, 5) is 21.7. The Morgan fingerprint density at radius 2 is 1.53 bits per heavy atom. The summed E-state index contributed by atoms with van der Waals surface area (Å²) in [5, 5.41) is 4.23. The van der Waals surface area contributed by atoms with Gasteiger partial charge in [-0.25, -0.2) is 0 Å². The monoisotopic (exact) mass is 404 g/mol. The molecule has 2 aromatic carbocycles. The number of amides is 1. The number of hydrogen-bond donors (Lipinski definition) is 0. The molecule has 0 unspecified atom stereocenters. The maximum absolute atomic E-state index is 12.7. The minimum atomic E-state index is -0.363. The number of benzene rings is 2. The average Bonchev–Trinajstić information content (AvgIpc) is 3.24. The molecule has 1 aromatic heterocycles. The number of hydrogen-bond acceptors (Lipinski definition) is 5. The van der Waals surface area contributed by atoms with Crippen LogP contribution in [0.5, 0.6) is 0 Å². The summed E-state index contributed by atoms with van der Waals surface area (Å²) in [6.07, 6.45) is 0. The van der Waals surface area contributed by atoms with Crippen molar-refractivity contribution < 1.29 is 9.32 Å². The number of piperazine rings is 1. The Labute approximate surface area is 177 Å². The highest BCUT2D eigenvalue weighted by molar-refractivity contribution is 5.81. The summed E-state index contributed by atoms with van der Waals surface area (Å²) < 4.78 is 5.73. The molecule has 0 bridgehead atoms. The van der Waals surface area contributed by atoms with Gasteiger partial charge < -0.3 is 9.42 Å². The zero-order chi connectivity index (χ0) is 21.1. The Bertz CT molecular complexity index is 971. The molecule has 0 saturated carbocycles. The van der Waals surface area contributed by atoms with Crippen molar-refractivity contribution in [3.63, 3.8) is 0 Å². The van der Waals surface area contributed by atoms with E-state index in [1.807, 2.05) is 74.2 Å². The molecule has 0 aliphatic carbocycles. The van der Waals surface area contributed by atoms with Gasteiger partial charge in [-0.05, 0) is 5.56 Å². The van der Waals surface area contributed by atoms with E-state index < -0.39 is 0 Å². The molecule has 6 heteroatoms. The number of nitrogens with zero attached hydrogens (tertiary/aromatic N) is 4. The van der Waals surface area contributed by atoms with Crippen LogP contribution in [0.4, 0.5) is 0 Å². The standard InChI is InChI=1S/C24H28N4O2/c1-24(2,3)23(29)28-16-14-27(15-17-28)20(18-10-6-4-7-11-18)22-25-21(26-30-22)19-12-8-5-9-13-19/h4-13,20H,14-17H2,1-3H3/t20-/m0/s1. The van der Waals surface area contributed by atoms with Crippen LogP contribution >= 0.6 is 0 Å². The first kappa shape index (κ1) is 20.3. The van der Waals surface area contributed by atoms with Crippen LogP contribution < -0.4 is 0 Å². The Morgan fingerprint density at radius 3 is 2.13 bits per heavy atom. The summed E-state index contributed by atoms with van der Waals surface area (Å²) >= 11 is 0. The highest BCUT2D eigenvalue weighted by atomic mass is 16.5. The van der Waals surface area contributed by atoms with E-state index in [0.29, 0.717) is 24.8 Å². The fourth-order valence-electron chi connectivity index (χ4n) is 3.85. The summed E-state index contributed by atoms with van der Waals surface area (Å²) in [6.45, 7) is 8.81. The summed E-state index contributed by atoms with van der Waals surface area (Å²) in [5.41, 5.74) is 1.68. The molecular weight excluding hydrogens is 376 g/mol. The summed E-state index contributed by atoms with van der Waals surface area (Å²) in [5.74, 6) is 1.37. The van der Waals surface area contributed by atoms with E-state index in [2.05, 4.69) is 22.2 Å². The third kappa shape index (κ3) is 4.28. The van der Waals surface area contributed by atoms with Gasteiger partial charge in [0.15, 0.2) is 0 Å². The van der Waals surface area contributed by atoms with Crippen LogP contribution in [0.1, 0.15) is 38.3 Å². The first-order valence-electron chi connectivity index (χ1n) is 10.4. The lowest BCUT2D eigenvalue weighted by atomic mass is 9.94. The van der Waals surface area contributed by atoms with E-state index in [9.17, 15) is 4.79 Å². The summed E-state index contributed by atoms with van der Waals surface area (Å²) in [7, 11) is 0. The maximum atomic E-state index is 12.7. The molecule has 6 nitrogen and oxygen atoms in total. The third-order valence-electron chi connectivity index (χ3n) is 5.43. The topological polar surface area (TPSA) is 62.5 Å². The highest BCUT2D eigenvalue weighted by Gasteiger charge is 2.34. The predicted octanol–water partition coefficient (Wildman–Crippen LogP) is 4.02. The van der Waals surface area contributed by atoms with Gasteiger partial charge in [-0.15, -0.1) is 0 Å². The number of carbonyl (C=O) groups is 1. The van der Waals surface area contributed by atoms with E-state index in [1.54, 1.807) is 0 Å². The van der Waals surface area contributed by atoms with Gasteiger partial charge in [0.2, 0.25) is 17.6 Å². The van der Waals surface area contributed by atoms with Gasteiger partial charge in [-0.3, -0.25) is 9.69 Å². The molecule has 0 radical (unpaired) electrons. The van der Waals surface area contributed by atoms with Crippen molar-refractivity contribution in [3.8, 4) is 11.4 Å². The molecule has 4 rings (SSSR count). The van der Waals surface area contributed by atoms with Crippen LogP contribution in [0.2, 0.25) is 0 Å². The van der Waals surface area contributed by atoms with Gasteiger partial charge in [0.1, 0.15) is 6.04 Å². The average molecular weight is 405 g/mol. The second-order valence-corrected chi connectivity index (χ2v) is 8.71. The Hall–Kier alpha value is -2.99. The molecule has 1 aliphatic heterocycles. The number of rotatable bonds is 4. The minimum Gasteiger partial charge on any atom is -0.340 e. The van der Waals surface area contributed by atoms with Crippen LogP contribution in [0, 0.1) is 5.41 Å². The van der Waals surface area contributed by atoms with E-state index in [4.69, 9.17) is 9.51 Å². The van der Waals surface area contributed by atoms with Crippen molar-refractivity contribution in [2.75, 3.05) is 26.2 Å². The molecule has 1 saturated heterocycles. The molecule has 156 valence electrons. The van der Waals surface area contributed by atoms with Crippen molar-refractivity contribution in [3.05, 3.63) is 72.1 Å². The highest BCUT2D eigenvalue weighted by Crippen LogP contribution is 2.30. The zero-order valence-electron chi connectivity index (χ0n) is 17.8. The van der Waals surface area contributed by atoms with Crippen molar-refractivity contribution in [1.82, 2.24) is 19.9 Å². The van der Waals surface area contributed by atoms with E-state index in [0.717, 1.165) is 24.2 Å². The van der Waals surface area contributed by atoms with Crippen molar-refractivity contribution in [1.29, 1.82) is 0 Å².